The predicted molar refractivity (Wildman–Crippen MR) is 113 cm³/mol. The Bertz CT molecular complexity index is 1020. The van der Waals surface area contributed by atoms with Crippen molar-refractivity contribution in [2.75, 3.05) is 18.6 Å². The molecule has 1 N–H and O–H groups in total. The third kappa shape index (κ3) is 3.58. The van der Waals surface area contributed by atoms with Gasteiger partial charge in [0.15, 0.2) is 0 Å². The predicted octanol–water partition coefficient (Wildman–Crippen LogP) is 3.56. The van der Waals surface area contributed by atoms with Gasteiger partial charge >= 0.3 is 5.97 Å². The van der Waals surface area contributed by atoms with Crippen molar-refractivity contribution in [2.24, 2.45) is 0 Å². The number of hydrogen-bond donors (Lipinski definition) is 1. The van der Waals surface area contributed by atoms with Gasteiger partial charge in [-0.1, -0.05) is 49.6 Å². The second-order valence-electron chi connectivity index (χ2n) is 8.07. The number of hydrogen-bond acceptors (Lipinski definition) is 4. The first kappa shape index (κ1) is 21.0. The molecule has 6 nitrogen and oxygen atoms in total. The van der Waals surface area contributed by atoms with Gasteiger partial charge in [-0.05, 0) is 36.6 Å². The van der Waals surface area contributed by atoms with Gasteiger partial charge in [0.1, 0.15) is 12.4 Å². The van der Waals surface area contributed by atoms with Gasteiger partial charge in [0.2, 0.25) is 5.91 Å². The van der Waals surface area contributed by atoms with E-state index in [-0.39, 0.29) is 24.0 Å². The molecule has 31 heavy (non-hydrogen) atoms. The lowest BCUT2D eigenvalue weighted by molar-refractivity contribution is -0.141. The fourth-order valence-corrected chi connectivity index (χ4v) is 5.06. The van der Waals surface area contributed by atoms with E-state index in [0.717, 1.165) is 19.3 Å². The molecular weight excluding hydrogens is 399 g/mol. The Morgan fingerprint density at radius 3 is 2.48 bits per heavy atom. The van der Waals surface area contributed by atoms with E-state index in [1.807, 2.05) is 0 Å². The second kappa shape index (κ2) is 8.49. The third-order valence-corrected chi connectivity index (χ3v) is 6.40. The Hall–Kier alpha value is -3.22. The molecular formula is C24H25FN2O4. The first-order valence-corrected chi connectivity index (χ1v) is 10.5. The number of ether oxygens (including phenoxy) is 1. The minimum atomic E-state index is -0.911. The van der Waals surface area contributed by atoms with E-state index in [0.29, 0.717) is 24.0 Å². The topological polar surface area (TPSA) is 75.7 Å². The number of fused-ring (bicyclic) bond motifs is 1. The summed E-state index contributed by atoms with van der Waals surface area (Å²) in [5, 5.41) is 2.67. The van der Waals surface area contributed by atoms with E-state index in [9.17, 15) is 18.8 Å². The zero-order chi connectivity index (χ0) is 22.0. The summed E-state index contributed by atoms with van der Waals surface area (Å²) in [6.07, 6.45) is 3.76. The van der Waals surface area contributed by atoms with Gasteiger partial charge in [-0.2, -0.15) is 0 Å². The van der Waals surface area contributed by atoms with Crippen molar-refractivity contribution in [3.63, 3.8) is 0 Å². The SMILES string of the molecule is COC(=O)CNC(=O)[C@@H]1c2ccccc2C(=O)N(c2ccccc2F)C12CCCCC2. The number of esters is 1. The van der Waals surface area contributed by atoms with E-state index in [1.165, 1.54) is 18.1 Å². The molecule has 162 valence electrons. The van der Waals surface area contributed by atoms with Gasteiger partial charge < -0.3 is 10.1 Å². The molecule has 0 bridgehead atoms. The Morgan fingerprint density at radius 2 is 1.77 bits per heavy atom. The van der Waals surface area contributed by atoms with Crippen molar-refractivity contribution in [3.8, 4) is 0 Å². The first-order chi connectivity index (χ1) is 15.0. The molecule has 1 fully saturated rings. The molecule has 0 radical (unpaired) electrons. The number of carbonyl (C=O) groups excluding carboxylic acids is 3. The van der Waals surface area contributed by atoms with Gasteiger partial charge in [-0.25, -0.2) is 4.39 Å². The highest BCUT2D eigenvalue weighted by atomic mass is 19.1. The zero-order valence-corrected chi connectivity index (χ0v) is 17.4. The van der Waals surface area contributed by atoms with Crippen LogP contribution in [0, 0.1) is 5.82 Å². The molecule has 7 heteroatoms. The lowest BCUT2D eigenvalue weighted by Crippen LogP contribution is -2.63. The summed E-state index contributed by atoms with van der Waals surface area (Å²) in [7, 11) is 1.26. The van der Waals surface area contributed by atoms with Crippen LogP contribution < -0.4 is 10.2 Å². The van der Waals surface area contributed by atoms with Crippen molar-refractivity contribution in [3.05, 3.63) is 65.5 Å². The Morgan fingerprint density at radius 1 is 1.10 bits per heavy atom. The van der Waals surface area contributed by atoms with E-state index in [4.69, 9.17) is 0 Å². The van der Waals surface area contributed by atoms with Gasteiger partial charge in [-0.3, -0.25) is 19.3 Å². The number of benzene rings is 2. The van der Waals surface area contributed by atoms with Crippen LogP contribution in [-0.4, -0.2) is 37.0 Å². The number of carbonyl (C=O) groups is 3. The third-order valence-electron chi connectivity index (χ3n) is 6.40. The monoisotopic (exact) mass is 424 g/mol. The van der Waals surface area contributed by atoms with E-state index in [2.05, 4.69) is 10.1 Å². The van der Waals surface area contributed by atoms with Crippen LogP contribution in [0.15, 0.2) is 48.5 Å². The molecule has 0 aromatic heterocycles. The average Bonchev–Trinajstić information content (AvgIpc) is 2.79. The maximum Gasteiger partial charge on any atom is 0.325 e. The molecule has 2 aromatic rings. The van der Waals surface area contributed by atoms with Crippen molar-refractivity contribution < 1.29 is 23.5 Å². The lowest BCUT2D eigenvalue weighted by atomic mass is 9.65. The number of rotatable bonds is 4. The Balaban J connectivity index is 1.89. The number of anilines is 1. The quantitative estimate of drug-likeness (QED) is 0.762. The van der Waals surface area contributed by atoms with Gasteiger partial charge in [0, 0.05) is 5.56 Å². The summed E-state index contributed by atoms with van der Waals surface area (Å²) < 4.78 is 19.6. The number of methoxy groups -OCH3 is 1. The summed E-state index contributed by atoms with van der Waals surface area (Å²) in [4.78, 5) is 40.3. The van der Waals surface area contributed by atoms with Crippen molar-refractivity contribution in [2.45, 2.75) is 43.6 Å². The van der Waals surface area contributed by atoms with Crippen LogP contribution in [-0.2, 0) is 14.3 Å². The Labute approximate surface area is 180 Å². The van der Waals surface area contributed by atoms with E-state index >= 15 is 0 Å². The van der Waals surface area contributed by atoms with Gasteiger partial charge in [0.25, 0.3) is 5.91 Å². The summed E-state index contributed by atoms with van der Waals surface area (Å²) in [5.74, 6) is -2.47. The highest BCUT2D eigenvalue weighted by Crippen LogP contribution is 2.51. The standard InChI is InChI=1S/C24H25FN2O4/c1-31-20(28)15-26-22(29)21-16-9-3-4-10-17(16)23(30)27(19-12-6-5-11-18(19)25)24(21)13-7-2-8-14-24/h3-6,9-12,21H,2,7-8,13-15H2,1H3,(H,26,29)/t21-/m0/s1. The highest BCUT2D eigenvalue weighted by molar-refractivity contribution is 6.12. The van der Waals surface area contributed by atoms with Crippen LogP contribution in [0.2, 0.25) is 0 Å². The molecule has 2 aromatic carbocycles. The number of nitrogens with zero attached hydrogens (tertiary/aromatic N) is 1. The average molecular weight is 424 g/mol. The number of para-hydroxylation sites is 1. The van der Waals surface area contributed by atoms with Crippen LogP contribution >= 0.6 is 0 Å². The number of halogens is 1. The van der Waals surface area contributed by atoms with E-state index < -0.39 is 23.2 Å². The molecule has 2 aliphatic rings. The molecule has 2 amide bonds. The van der Waals surface area contributed by atoms with Crippen molar-refractivity contribution in [1.82, 2.24) is 5.32 Å². The maximum absolute atomic E-state index is 14.9. The first-order valence-electron chi connectivity index (χ1n) is 10.5. The zero-order valence-electron chi connectivity index (χ0n) is 17.4. The molecule has 1 heterocycles. The molecule has 1 spiro atoms. The number of amides is 2. The smallest absolute Gasteiger partial charge is 0.325 e. The minimum Gasteiger partial charge on any atom is -0.468 e. The number of nitrogens with one attached hydrogen (secondary N) is 1. The van der Waals surface area contributed by atoms with Crippen molar-refractivity contribution in [1.29, 1.82) is 0 Å². The minimum absolute atomic E-state index is 0.176. The second-order valence-corrected chi connectivity index (χ2v) is 8.07. The molecule has 1 saturated carbocycles. The van der Waals surface area contributed by atoms with Crippen LogP contribution in [0.25, 0.3) is 0 Å². The molecule has 0 unspecified atom stereocenters. The molecule has 1 atom stereocenters. The summed E-state index contributed by atoms with van der Waals surface area (Å²) in [6, 6.07) is 13.2. The largest absolute Gasteiger partial charge is 0.468 e. The van der Waals surface area contributed by atoms with Gasteiger partial charge in [-0.15, -0.1) is 0 Å². The molecule has 4 rings (SSSR count). The Kier molecular flexibility index (Phi) is 5.76. The summed E-state index contributed by atoms with van der Waals surface area (Å²) >= 11 is 0. The fourth-order valence-electron chi connectivity index (χ4n) is 5.06. The molecule has 1 aliphatic carbocycles. The fraction of sp³-hybridized carbons (Fsp3) is 0.375. The van der Waals surface area contributed by atoms with E-state index in [1.54, 1.807) is 42.5 Å². The summed E-state index contributed by atoms with van der Waals surface area (Å²) in [5.41, 5.74) is 0.255. The van der Waals surface area contributed by atoms with Crippen LogP contribution in [0.3, 0.4) is 0 Å². The van der Waals surface area contributed by atoms with Crippen LogP contribution in [0.4, 0.5) is 10.1 Å². The molecule has 0 saturated heterocycles. The molecule has 1 aliphatic heterocycles. The lowest BCUT2D eigenvalue weighted by Gasteiger charge is -2.53. The van der Waals surface area contributed by atoms with Crippen LogP contribution in [0.1, 0.15) is 53.9 Å². The normalized spacial score (nSPS) is 19.6. The van der Waals surface area contributed by atoms with Crippen molar-refractivity contribution >= 4 is 23.5 Å². The van der Waals surface area contributed by atoms with Crippen LogP contribution in [0.5, 0.6) is 0 Å². The highest BCUT2D eigenvalue weighted by Gasteiger charge is 2.55. The van der Waals surface area contributed by atoms with Gasteiger partial charge in [0.05, 0.1) is 24.3 Å². The maximum atomic E-state index is 14.9. The summed E-state index contributed by atoms with van der Waals surface area (Å²) in [6.45, 7) is -0.266.